The number of hydrogen-bond acceptors (Lipinski definition) is 1. The molecular weight excluding hydrogens is 236 g/mol. The van der Waals surface area contributed by atoms with E-state index in [9.17, 15) is 5.11 Å². The molecule has 0 spiro atoms. The molecule has 2 aromatic rings. The Balaban J connectivity index is 2.33. The SMILES string of the molecule is C[Si](C)(/C(O)=C\c1ccccc1)c1ccccc1. The average molecular weight is 254 g/mol. The Morgan fingerprint density at radius 1 is 0.889 bits per heavy atom. The van der Waals surface area contributed by atoms with Crippen molar-refractivity contribution < 1.29 is 5.11 Å². The van der Waals surface area contributed by atoms with Gasteiger partial charge in [0.1, 0.15) is 0 Å². The van der Waals surface area contributed by atoms with Crippen LogP contribution in [0.5, 0.6) is 0 Å². The van der Waals surface area contributed by atoms with Gasteiger partial charge in [0, 0.05) is 0 Å². The van der Waals surface area contributed by atoms with Gasteiger partial charge in [0.15, 0.2) is 8.07 Å². The van der Waals surface area contributed by atoms with Gasteiger partial charge in [0.05, 0.1) is 5.38 Å². The number of aliphatic hydroxyl groups is 1. The Hall–Kier alpha value is -1.80. The van der Waals surface area contributed by atoms with Crippen LogP contribution in [0.25, 0.3) is 6.08 Å². The predicted molar refractivity (Wildman–Crippen MR) is 80.6 cm³/mol. The number of aliphatic hydroxyl groups excluding tert-OH is 1. The molecule has 2 rings (SSSR count). The van der Waals surface area contributed by atoms with Crippen molar-refractivity contribution >= 4 is 19.3 Å². The van der Waals surface area contributed by atoms with E-state index in [0.717, 1.165) is 5.56 Å². The Labute approximate surface area is 109 Å². The highest BCUT2D eigenvalue weighted by molar-refractivity contribution is 6.95. The maximum Gasteiger partial charge on any atom is 0.155 e. The van der Waals surface area contributed by atoms with Crippen LogP contribution >= 0.6 is 0 Å². The Morgan fingerprint density at radius 3 is 1.94 bits per heavy atom. The van der Waals surface area contributed by atoms with Gasteiger partial charge in [-0.2, -0.15) is 0 Å². The Bertz CT molecular complexity index is 530. The lowest BCUT2D eigenvalue weighted by Crippen LogP contribution is -2.43. The third kappa shape index (κ3) is 2.71. The van der Waals surface area contributed by atoms with Crippen LogP contribution in [-0.4, -0.2) is 13.2 Å². The number of benzene rings is 2. The lowest BCUT2D eigenvalue weighted by atomic mass is 10.2. The van der Waals surface area contributed by atoms with Gasteiger partial charge in [0.25, 0.3) is 0 Å². The lowest BCUT2D eigenvalue weighted by Gasteiger charge is -2.22. The van der Waals surface area contributed by atoms with Crippen LogP contribution in [0.1, 0.15) is 5.56 Å². The summed E-state index contributed by atoms with van der Waals surface area (Å²) in [5.41, 5.74) is 1.05. The van der Waals surface area contributed by atoms with Crippen LogP contribution in [0.3, 0.4) is 0 Å². The first-order chi connectivity index (χ1) is 8.60. The van der Waals surface area contributed by atoms with Gasteiger partial charge in [-0.15, -0.1) is 0 Å². The number of rotatable bonds is 3. The zero-order valence-electron chi connectivity index (χ0n) is 10.8. The summed E-state index contributed by atoms with van der Waals surface area (Å²) < 4.78 is 0. The van der Waals surface area contributed by atoms with E-state index in [1.807, 2.05) is 54.6 Å². The quantitative estimate of drug-likeness (QED) is 0.653. The summed E-state index contributed by atoms with van der Waals surface area (Å²) in [7, 11) is -1.95. The highest BCUT2D eigenvalue weighted by Gasteiger charge is 2.28. The first-order valence-corrected chi connectivity index (χ1v) is 9.12. The first-order valence-electron chi connectivity index (χ1n) is 6.12. The molecule has 1 nitrogen and oxygen atoms in total. The molecule has 0 aromatic heterocycles. The van der Waals surface area contributed by atoms with Crippen LogP contribution in [0.15, 0.2) is 66.0 Å². The average Bonchev–Trinajstić information content (AvgIpc) is 2.41. The molecule has 0 heterocycles. The Kier molecular flexibility index (Phi) is 3.68. The van der Waals surface area contributed by atoms with E-state index in [2.05, 4.69) is 25.2 Å². The van der Waals surface area contributed by atoms with E-state index >= 15 is 0 Å². The fourth-order valence-electron chi connectivity index (χ4n) is 1.89. The lowest BCUT2D eigenvalue weighted by molar-refractivity contribution is 0.450. The van der Waals surface area contributed by atoms with E-state index in [0.29, 0.717) is 5.38 Å². The van der Waals surface area contributed by atoms with E-state index in [1.165, 1.54) is 5.19 Å². The van der Waals surface area contributed by atoms with Crippen LogP contribution in [0.2, 0.25) is 13.1 Å². The fourth-order valence-corrected chi connectivity index (χ4v) is 3.74. The molecule has 0 bridgehead atoms. The molecule has 18 heavy (non-hydrogen) atoms. The fraction of sp³-hybridized carbons (Fsp3) is 0.125. The minimum atomic E-state index is -1.95. The monoisotopic (exact) mass is 254 g/mol. The molecule has 0 saturated heterocycles. The highest BCUT2D eigenvalue weighted by atomic mass is 28.3. The summed E-state index contributed by atoms with van der Waals surface area (Å²) in [6.07, 6.45) is 1.89. The third-order valence-corrected chi connectivity index (χ3v) is 6.44. The molecule has 0 aliphatic heterocycles. The summed E-state index contributed by atoms with van der Waals surface area (Å²) in [5.74, 6) is 0. The van der Waals surface area contributed by atoms with Crippen LogP contribution < -0.4 is 5.19 Å². The highest BCUT2D eigenvalue weighted by Crippen LogP contribution is 2.16. The zero-order chi connectivity index (χ0) is 13.0. The van der Waals surface area contributed by atoms with Crippen molar-refractivity contribution in [1.29, 1.82) is 0 Å². The molecule has 0 aliphatic rings. The van der Waals surface area contributed by atoms with Crippen molar-refractivity contribution in [2.24, 2.45) is 0 Å². The van der Waals surface area contributed by atoms with Crippen molar-refractivity contribution in [3.8, 4) is 0 Å². The van der Waals surface area contributed by atoms with Gasteiger partial charge in [-0.25, -0.2) is 0 Å². The second-order valence-electron chi connectivity index (χ2n) is 4.93. The molecule has 0 atom stereocenters. The van der Waals surface area contributed by atoms with Crippen molar-refractivity contribution in [3.63, 3.8) is 0 Å². The Morgan fingerprint density at radius 2 is 1.39 bits per heavy atom. The van der Waals surface area contributed by atoms with Crippen molar-refractivity contribution in [2.75, 3.05) is 0 Å². The molecule has 2 heteroatoms. The minimum Gasteiger partial charge on any atom is -0.517 e. The summed E-state index contributed by atoms with van der Waals surface area (Å²) in [5, 5.41) is 12.2. The summed E-state index contributed by atoms with van der Waals surface area (Å²) in [6.45, 7) is 4.33. The predicted octanol–water partition coefficient (Wildman–Crippen LogP) is 3.74. The topological polar surface area (TPSA) is 20.2 Å². The van der Waals surface area contributed by atoms with E-state index in [1.54, 1.807) is 0 Å². The molecule has 0 saturated carbocycles. The van der Waals surface area contributed by atoms with Gasteiger partial charge >= 0.3 is 0 Å². The first kappa shape index (κ1) is 12.6. The largest absolute Gasteiger partial charge is 0.517 e. The van der Waals surface area contributed by atoms with Crippen LogP contribution in [-0.2, 0) is 0 Å². The van der Waals surface area contributed by atoms with Crippen molar-refractivity contribution in [3.05, 3.63) is 71.6 Å². The standard InChI is InChI=1S/C16H18OSi/c1-18(2,15-11-7-4-8-12-15)16(17)13-14-9-5-3-6-10-14/h3-13,17H,1-2H3/b16-13-. The van der Waals surface area contributed by atoms with Gasteiger partial charge in [0.2, 0.25) is 0 Å². The second kappa shape index (κ2) is 5.23. The molecule has 0 fully saturated rings. The zero-order valence-corrected chi connectivity index (χ0v) is 11.8. The van der Waals surface area contributed by atoms with E-state index < -0.39 is 8.07 Å². The molecule has 0 unspecified atom stereocenters. The van der Waals surface area contributed by atoms with E-state index in [4.69, 9.17) is 0 Å². The molecule has 2 aromatic carbocycles. The van der Waals surface area contributed by atoms with Crippen LogP contribution in [0.4, 0.5) is 0 Å². The van der Waals surface area contributed by atoms with Gasteiger partial charge in [-0.1, -0.05) is 78.9 Å². The van der Waals surface area contributed by atoms with Gasteiger partial charge < -0.3 is 5.11 Å². The van der Waals surface area contributed by atoms with Crippen molar-refractivity contribution in [1.82, 2.24) is 0 Å². The third-order valence-electron chi connectivity index (χ3n) is 3.24. The molecule has 92 valence electrons. The summed E-state index contributed by atoms with van der Waals surface area (Å²) in [6, 6.07) is 20.2. The van der Waals surface area contributed by atoms with Crippen molar-refractivity contribution in [2.45, 2.75) is 13.1 Å². The molecular formula is C16H18OSi. The molecule has 0 aliphatic carbocycles. The summed E-state index contributed by atoms with van der Waals surface area (Å²) in [4.78, 5) is 0. The second-order valence-corrected chi connectivity index (χ2v) is 9.27. The molecule has 0 amide bonds. The van der Waals surface area contributed by atoms with Gasteiger partial charge in [-0.05, 0) is 11.6 Å². The normalized spacial score (nSPS) is 12.4. The summed E-state index contributed by atoms with van der Waals surface area (Å²) >= 11 is 0. The molecule has 0 radical (unpaired) electrons. The van der Waals surface area contributed by atoms with Gasteiger partial charge in [-0.3, -0.25) is 0 Å². The number of hydrogen-bond donors (Lipinski definition) is 1. The smallest absolute Gasteiger partial charge is 0.155 e. The maximum absolute atomic E-state index is 10.4. The maximum atomic E-state index is 10.4. The van der Waals surface area contributed by atoms with E-state index in [-0.39, 0.29) is 0 Å². The van der Waals surface area contributed by atoms with Crippen LogP contribution in [0, 0.1) is 0 Å². The minimum absolute atomic E-state index is 0.514. The molecule has 1 N–H and O–H groups in total.